The van der Waals surface area contributed by atoms with Crippen molar-refractivity contribution in [1.82, 2.24) is 4.90 Å². The number of likely N-dealkylation sites (tertiary alicyclic amines) is 1. The number of rotatable bonds is 3. The molecule has 0 unspecified atom stereocenters. The van der Waals surface area contributed by atoms with Gasteiger partial charge in [0.1, 0.15) is 0 Å². The summed E-state index contributed by atoms with van der Waals surface area (Å²) >= 11 is 0. The van der Waals surface area contributed by atoms with Gasteiger partial charge in [0.15, 0.2) is 0 Å². The lowest BCUT2D eigenvalue weighted by Gasteiger charge is -2.20. The topological polar surface area (TPSA) is 49.4 Å². The summed E-state index contributed by atoms with van der Waals surface area (Å²) in [6.07, 6.45) is 4.48. The number of carbonyl (C=O) groups is 2. The van der Waals surface area contributed by atoms with Gasteiger partial charge in [0.05, 0.1) is 0 Å². The fraction of sp³-hybridized carbons (Fsp3) is 0.300. The second-order valence-electron chi connectivity index (χ2n) is 6.11. The Labute approximate surface area is 142 Å². The van der Waals surface area contributed by atoms with E-state index in [2.05, 4.69) is 5.32 Å². The quantitative estimate of drug-likeness (QED) is 0.930. The van der Waals surface area contributed by atoms with Crippen LogP contribution >= 0.6 is 0 Å². The maximum absolute atomic E-state index is 12.7. The van der Waals surface area contributed by atoms with E-state index in [0.29, 0.717) is 11.1 Å². The molecule has 1 saturated heterocycles. The van der Waals surface area contributed by atoms with Crippen molar-refractivity contribution in [3.05, 3.63) is 65.7 Å². The molecule has 4 heteroatoms. The summed E-state index contributed by atoms with van der Waals surface area (Å²) in [6.45, 7) is 1.61. The summed E-state index contributed by atoms with van der Waals surface area (Å²) < 4.78 is 0. The molecule has 0 bridgehead atoms. The third-order valence-corrected chi connectivity index (χ3v) is 4.30. The number of anilines is 1. The van der Waals surface area contributed by atoms with Crippen LogP contribution in [0.4, 0.5) is 5.69 Å². The van der Waals surface area contributed by atoms with Crippen LogP contribution in [0.5, 0.6) is 0 Å². The van der Waals surface area contributed by atoms with Gasteiger partial charge in [-0.15, -0.1) is 0 Å². The molecule has 0 aromatic heterocycles. The average Bonchev–Trinajstić information content (AvgIpc) is 2.91. The molecular weight excluding hydrogens is 300 g/mol. The molecule has 24 heavy (non-hydrogen) atoms. The fourth-order valence-corrected chi connectivity index (χ4v) is 2.97. The summed E-state index contributed by atoms with van der Waals surface area (Å²) in [4.78, 5) is 27.0. The van der Waals surface area contributed by atoms with E-state index in [9.17, 15) is 9.59 Å². The summed E-state index contributed by atoms with van der Waals surface area (Å²) in [5, 5.41) is 2.85. The number of nitrogens with zero attached hydrogens (tertiary/aromatic N) is 1. The minimum atomic E-state index is -0.202. The van der Waals surface area contributed by atoms with Crippen LogP contribution in [0.25, 0.3) is 0 Å². The number of hydrogen-bond donors (Lipinski definition) is 1. The fourth-order valence-electron chi connectivity index (χ4n) is 2.97. The van der Waals surface area contributed by atoms with E-state index in [0.717, 1.165) is 31.6 Å². The molecule has 1 aliphatic rings. The second-order valence-corrected chi connectivity index (χ2v) is 6.11. The molecule has 2 aromatic rings. The Morgan fingerprint density at radius 1 is 0.792 bits per heavy atom. The van der Waals surface area contributed by atoms with Crippen LogP contribution in [0.3, 0.4) is 0 Å². The Morgan fingerprint density at radius 3 is 2.17 bits per heavy atom. The van der Waals surface area contributed by atoms with Gasteiger partial charge in [-0.3, -0.25) is 9.59 Å². The number of nitrogens with one attached hydrogen (secondary N) is 1. The van der Waals surface area contributed by atoms with E-state index in [4.69, 9.17) is 0 Å². The second kappa shape index (κ2) is 7.77. The van der Waals surface area contributed by atoms with Gasteiger partial charge in [-0.1, -0.05) is 37.1 Å². The largest absolute Gasteiger partial charge is 0.339 e. The van der Waals surface area contributed by atoms with Crippen LogP contribution in [0, 0.1) is 0 Å². The van der Waals surface area contributed by atoms with E-state index in [1.165, 1.54) is 12.8 Å². The zero-order chi connectivity index (χ0) is 16.8. The molecule has 1 fully saturated rings. The SMILES string of the molecule is O=C(Nc1ccccc1)c1cccc(C(=O)N2CCCCCC2)c1. The summed E-state index contributed by atoms with van der Waals surface area (Å²) in [6, 6.07) is 16.3. The van der Waals surface area contributed by atoms with Crippen molar-refractivity contribution in [2.75, 3.05) is 18.4 Å². The minimum Gasteiger partial charge on any atom is -0.339 e. The Kier molecular flexibility index (Phi) is 5.26. The zero-order valence-corrected chi connectivity index (χ0v) is 13.7. The molecule has 4 nitrogen and oxygen atoms in total. The number of para-hydroxylation sites is 1. The molecule has 124 valence electrons. The maximum atomic E-state index is 12.7. The standard InChI is InChI=1S/C20H22N2O2/c23-19(21-18-11-4-3-5-12-18)16-9-8-10-17(15-16)20(24)22-13-6-1-2-7-14-22/h3-5,8-12,15H,1-2,6-7,13-14H2,(H,21,23). The smallest absolute Gasteiger partial charge is 0.255 e. The molecular formula is C20H22N2O2. The highest BCUT2D eigenvalue weighted by Crippen LogP contribution is 2.15. The third-order valence-electron chi connectivity index (χ3n) is 4.30. The van der Waals surface area contributed by atoms with Crippen molar-refractivity contribution >= 4 is 17.5 Å². The van der Waals surface area contributed by atoms with Crippen LogP contribution in [0.15, 0.2) is 54.6 Å². The predicted octanol–water partition coefficient (Wildman–Crippen LogP) is 3.96. The van der Waals surface area contributed by atoms with Crippen molar-refractivity contribution in [1.29, 1.82) is 0 Å². The molecule has 0 atom stereocenters. The summed E-state index contributed by atoms with van der Waals surface area (Å²) in [7, 11) is 0. The lowest BCUT2D eigenvalue weighted by molar-refractivity contribution is 0.0761. The first kappa shape index (κ1) is 16.2. The number of benzene rings is 2. The highest BCUT2D eigenvalue weighted by atomic mass is 16.2. The van der Waals surface area contributed by atoms with Crippen molar-refractivity contribution in [3.63, 3.8) is 0 Å². The monoisotopic (exact) mass is 322 g/mol. The lowest BCUT2D eigenvalue weighted by atomic mass is 10.1. The van der Waals surface area contributed by atoms with Gasteiger partial charge in [-0.05, 0) is 43.2 Å². The molecule has 1 aliphatic heterocycles. The summed E-state index contributed by atoms with van der Waals surface area (Å²) in [5.74, 6) is -0.182. The highest BCUT2D eigenvalue weighted by molar-refractivity contribution is 6.06. The molecule has 1 N–H and O–H groups in total. The molecule has 0 aliphatic carbocycles. The van der Waals surface area contributed by atoms with Gasteiger partial charge in [0.25, 0.3) is 11.8 Å². The van der Waals surface area contributed by atoms with E-state index in [-0.39, 0.29) is 11.8 Å². The zero-order valence-electron chi connectivity index (χ0n) is 13.7. The van der Waals surface area contributed by atoms with E-state index >= 15 is 0 Å². The van der Waals surface area contributed by atoms with Gasteiger partial charge < -0.3 is 10.2 Å². The Balaban J connectivity index is 1.73. The normalized spacial score (nSPS) is 14.8. The van der Waals surface area contributed by atoms with Gasteiger partial charge in [0, 0.05) is 29.9 Å². The Bertz CT molecular complexity index is 705. The van der Waals surface area contributed by atoms with Gasteiger partial charge in [-0.25, -0.2) is 0 Å². The number of amides is 2. The average molecular weight is 322 g/mol. The molecule has 2 amide bonds. The number of hydrogen-bond acceptors (Lipinski definition) is 2. The molecule has 0 spiro atoms. The van der Waals surface area contributed by atoms with Crippen molar-refractivity contribution in [3.8, 4) is 0 Å². The van der Waals surface area contributed by atoms with E-state index < -0.39 is 0 Å². The minimum absolute atomic E-state index is 0.0197. The molecule has 0 radical (unpaired) electrons. The van der Waals surface area contributed by atoms with Crippen LogP contribution in [-0.4, -0.2) is 29.8 Å². The lowest BCUT2D eigenvalue weighted by Crippen LogP contribution is -2.32. The first-order valence-electron chi connectivity index (χ1n) is 8.50. The van der Waals surface area contributed by atoms with Crippen LogP contribution in [0.1, 0.15) is 46.4 Å². The third kappa shape index (κ3) is 4.02. The van der Waals surface area contributed by atoms with Gasteiger partial charge in [0.2, 0.25) is 0 Å². The molecule has 2 aromatic carbocycles. The predicted molar refractivity (Wildman–Crippen MR) is 95.2 cm³/mol. The van der Waals surface area contributed by atoms with Gasteiger partial charge >= 0.3 is 0 Å². The Morgan fingerprint density at radius 2 is 1.46 bits per heavy atom. The molecule has 1 heterocycles. The molecule has 3 rings (SSSR count). The van der Waals surface area contributed by atoms with Crippen LogP contribution in [0.2, 0.25) is 0 Å². The Hall–Kier alpha value is -2.62. The van der Waals surface area contributed by atoms with E-state index in [1.54, 1.807) is 24.3 Å². The number of carbonyl (C=O) groups excluding carboxylic acids is 2. The first-order valence-corrected chi connectivity index (χ1v) is 8.50. The van der Waals surface area contributed by atoms with Gasteiger partial charge in [-0.2, -0.15) is 0 Å². The maximum Gasteiger partial charge on any atom is 0.255 e. The van der Waals surface area contributed by atoms with Crippen LogP contribution < -0.4 is 5.32 Å². The van der Waals surface area contributed by atoms with E-state index in [1.807, 2.05) is 35.2 Å². The first-order chi connectivity index (χ1) is 11.7. The van der Waals surface area contributed by atoms with Crippen molar-refractivity contribution < 1.29 is 9.59 Å². The summed E-state index contributed by atoms with van der Waals surface area (Å²) in [5.41, 5.74) is 1.82. The molecule has 0 saturated carbocycles. The highest BCUT2D eigenvalue weighted by Gasteiger charge is 2.18. The van der Waals surface area contributed by atoms with Crippen molar-refractivity contribution in [2.24, 2.45) is 0 Å². The van der Waals surface area contributed by atoms with Crippen molar-refractivity contribution in [2.45, 2.75) is 25.7 Å². The van der Waals surface area contributed by atoms with Crippen LogP contribution in [-0.2, 0) is 0 Å².